The highest BCUT2D eigenvalue weighted by Gasteiger charge is 2.45. The molecule has 0 spiro atoms. The van der Waals surface area contributed by atoms with Crippen molar-refractivity contribution in [3.63, 3.8) is 0 Å². The summed E-state index contributed by atoms with van der Waals surface area (Å²) in [4.78, 5) is 11.5. The lowest BCUT2D eigenvalue weighted by molar-refractivity contribution is -0.183. The van der Waals surface area contributed by atoms with Crippen molar-refractivity contribution in [2.45, 2.75) is 12.2 Å². The van der Waals surface area contributed by atoms with Gasteiger partial charge in [0.1, 0.15) is 0 Å². The maximum absolute atomic E-state index is 11.5. The highest BCUT2D eigenvalue weighted by atomic mass is 16.6. The Morgan fingerprint density at radius 3 is 2.94 bits per heavy atom. The number of hydrogen-bond acceptors (Lipinski definition) is 4. The van der Waals surface area contributed by atoms with Gasteiger partial charge in [0.05, 0.1) is 26.4 Å². The van der Waals surface area contributed by atoms with E-state index >= 15 is 0 Å². The summed E-state index contributed by atoms with van der Waals surface area (Å²) < 4.78 is 10.6. The van der Waals surface area contributed by atoms with Gasteiger partial charge < -0.3 is 19.7 Å². The van der Waals surface area contributed by atoms with Gasteiger partial charge in [0.15, 0.2) is 0 Å². The fourth-order valence-electron chi connectivity index (χ4n) is 2.00. The fourth-order valence-corrected chi connectivity index (χ4v) is 2.00. The van der Waals surface area contributed by atoms with Crippen molar-refractivity contribution in [3.05, 3.63) is 35.4 Å². The number of aliphatic hydroxyl groups excluding tert-OH is 1. The van der Waals surface area contributed by atoms with Crippen molar-refractivity contribution >= 4 is 5.97 Å². The van der Waals surface area contributed by atoms with Crippen LogP contribution in [0.5, 0.6) is 0 Å². The zero-order valence-corrected chi connectivity index (χ0v) is 9.26. The Balaban J connectivity index is 2.43. The van der Waals surface area contributed by atoms with Gasteiger partial charge in [-0.05, 0) is 5.56 Å². The second kappa shape index (κ2) is 4.83. The molecule has 0 bridgehead atoms. The quantitative estimate of drug-likeness (QED) is 0.799. The van der Waals surface area contributed by atoms with Crippen molar-refractivity contribution in [3.8, 4) is 0 Å². The summed E-state index contributed by atoms with van der Waals surface area (Å²) in [6.07, 6.45) is 0. The van der Waals surface area contributed by atoms with Crippen molar-refractivity contribution in [2.75, 3.05) is 19.8 Å². The molecular formula is C12H14O5. The van der Waals surface area contributed by atoms with Crippen molar-refractivity contribution in [2.24, 2.45) is 0 Å². The number of hydrogen-bond donors (Lipinski definition) is 2. The lowest BCUT2D eigenvalue weighted by Crippen LogP contribution is -2.46. The van der Waals surface area contributed by atoms with Crippen LogP contribution in [0.25, 0.3) is 0 Å². The molecular weight excluding hydrogens is 224 g/mol. The molecule has 0 aromatic heterocycles. The number of fused-ring (bicyclic) bond motifs is 1. The minimum Gasteiger partial charge on any atom is -0.479 e. The van der Waals surface area contributed by atoms with Crippen LogP contribution in [0.1, 0.15) is 11.1 Å². The van der Waals surface area contributed by atoms with Gasteiger partial charge >= 0.3 is 5.97 Å². The first-order valence-corrected chi connectivity index (χ1v) is 5.35. The largest absolute Gasteiger partial charge is 0.479 e. The second-order valence-electron chi connectivity index (χ2n) is 3.85. The number of ether oxygens (including phenoxy) is 2. The highest BCUT2D eigenvalue weighted by Crippen LogP contribution is 2.34. The molecule has 1 aliphatic heterocycles. The third kappa shape index (κ3) is 2.04. The van der Waals surface area contributed by atoms with Crippen LogP contribution in [0.3, 0.4) is 0 Å². The molecule has 5 nitrogen and oxygen atoms in total. The Bertz CT molecular complexity index is 417. The van der Waals surface area contributed by atoms with Crippen LogP contribution in [0.15, 0.2) is 24.3 Å². The summed E-state index contributed by atoms with van der Waals surface area (Å²) in [6.45, 7) is 0.0776. The summed E-state index contributed by atoms with van der Waals surface area (Å²) in [6, 6.07) is 7.13. The molecule has 1 unspecified atom stereocenters. The Morgan fingerprint density at radius 1 is 1.47 bits per heavy atom. The lowest BCUT2D eigenvalue weighted by atomic mass is 9.88. The smallest absolute Gasteiger partial charge is 0.343 e. The van der Waals surface area contributed by atoms with Crippen LogP contribution in [-0.4, -0.2) is 36.0 Å². The molecule has 1 aromatic rings. The molecule has 2 rings (SSSR count). The maximum Gasteiger partial charge on any atom is 0.343 e. The molecule has 1 heterocycles. The number of aliphatic hydroxyl groups is 1. The number of benzene rings is 1. The zero-order valence-electron chi connectivity index (χ0n) is 9.26. The van der Waals surface area contributed by atoms with E-state index in [2.05, 4.69) is 0 Å². The van der Waals surface area contributed by atoms with Crippen LogP contribution >= 0.6 is 0 Å². The molecule has 92 valence electrons. The van der Waals surface area contributed by atoms with Gasteiger partial charge in [0.25, 0.3) is 0 Å². The molecule has 2 N–H and O–H groups in total. The van der Waals surface area contributed by atoms with Gasteiger partial charge in [0.2, 0.25) is 5.60 Å². The fraction of sp³-hybridized carbons (Fsp3) is 0.417. The van der Waals surface area contributed by atoms with E-state index in [1.54, 1.807) is 12.1 Å². The predicted octanol–water partition coefficient (Wildman–Crippen LogP) is 0.506. The summed E-state index contributed by atoms with van der Waals surface area (Å²) >= 11 is 0. The summed E-state index contributed by atoms with van der Waals surface area (Å²) in [5.41, 5.74) is -0.0938. The Morgan fingerprint density at radius 2 is 2.24 bits per heavy atom. The van der Waals surface area contributed by atoms with E-state index in [1.807, 2.05) is 12.1 Å². The summed E-state index contributed by atoms with van der Waals surface area (Å²) in [7, 11) is 0. The van der Waals surface area contributed by atoms with Gasteiger partial charge in [-0.25, -0.2) is 4.79 Å². The molecule has 1 atom stereocenters. The first kappa shape index (κ1) is 12.0. The molecule has 5 heteroatoms. The van der Waals surface area contributed by atoms with E-state index in [-0.39, 0.29) is 19.8 Å². The minimum atomic E-state index is -1.50. The van der Waals surface area contributed by atoms with Crippen LogP contribution < -0.4 is 0 Å². The first-order valence-electron chi connectivity index (χ1n) is 5.35. The van der Waals surface area contributed by atoms with Crippen molar-refractivity contribution in [1.29, 1.82) is 0 Å². The number of rotatable bonds is 4. The number of aliphatic carboxylic acids is 1. The van der Waals surface area contributed by atoms with E-state index in [9.17, 15) is 9.90 Å². The molecule has 1 aliphatic rings. The van der Waals surface area contributed by atoms with E-state index < -0.39 is 11.6 Å². The van der Waals surface area contributed by atoms with Gasteiger partial charge in [-0.2, -0.15) is 0 Å². The molecule has 0 saturated heterocycles. The average molecular weight is 238 g/mol. The topological polar surface area (TPSA) is 76.0 Å². The lowest BCUT2D eigenvalue weighted by Gasteiger charge is -2.34. The molecule has 0 saturated carbocycles. The Kier molecular flexibility index (Phi) is 3.42. The van der Waals surface area contributed by atoms with Crippen LogP contribution in [0.4, 0.5) is 0 Å². The summed E-state index contributed by atoms with van der Waals surface area (Å²) in [5.74, 6) is -1.10. The minimum absolute atomic E-state index is 0.0377. The van der Waals surface area contributed by atoms with Gasteiger partial charge in [-0.1, -0.05) is 24.3 Å². The third-order valence-corrected chi connectivity index (χ3v) is 2.80. The maximum atomic E-state index is 11.5. The number of carbonyl (C=O) groups is 1. The standard InChI is InChI=1S/C12H14O5/c13-5-6-17-12(11(14)15)8-16-7-9-3-1-2-4-10(9)12/h1-4,13H,5-8H2,(H,14,15). The van der Waals surface area contributed by atoms with E-state index in [4.69, 9.17) is 14.6 Å². The van der Waals surface area contributed by atoms with Gasteiger partial charge in [0, 0.05) is 5.56 Å². The van der Waals surface area contributed by atoms with E-state index in [1.165, 1.54) is 0 Å². The Hall–Kier alpha value is -1.43. The van der Waals surface area contributed by atoms with Crippen LogP contribution in [0, 0.1) is 0 Å². The predicted molar refractivity (Wildman–Crippen MR) is 58.4 cm³/mol. The van der Waals surface area contributed by atoms with Crippen molar-refractivity contribution in [1.82, 2.24) is 0 Å². The molecule has 0 fully saturated rings. The van der Waals surface area contributed by atoms with E-state index in [0.717, 1.165) is 5.56 Å². The van der Waals surface area contributed by atoms with Crippen LogP contribution in [-0.2, 0) is 26.5 Å². The normalized spacial score (nSPS) is 23.1. The third-order valence-electron chi connectivity index (χ3n) is 2.80. The first-order chi connectivity index (χ1) is 8.20. The Labute approximate surface area is 98.6 Å². The molecule has 0 aliphatic carbocycles. The monoisotopic (exact) mass is 238 g/mol. The van der Waals surface area contributed by atoms with Crippen LogP contribution in [0.2, 0.25) is 0 Å². The second-order valence-corrected chi connectivity index (χ2v) is 3.85. The van der Waals surface area contributed by atoms with Gasteiger partial charge in [-0.15, -0.1) is 0 Å². The molecule has 0 amide bonds. The van der Waals surface area contributed by atoms with E-state index in [0.29, 0.717) is 12.2 Å². The number of carboxylic acids is 1. The van der Waals surface area contributed by atoms with Crippen molar-refractivity contribution < 1.29 is 24.5 Å². The average Bonchev–Trinajstić information content (AvgIpc) is 2.36. The highest BCUT2D eigenvalue weighted by molar-refractivity contribution is 5.80. The molecule has 0 radical (unpaired) electrons. The SMILES string of the molecule is O=C(O)C1(OCCO)COCc2ccccc21. The number of carboxylic acid groups (broad SMARTS) is 1. The zero-order chi connectivity index (χ0) is 12.3. The summed E-state index contributed by atoms with van der Waals surface area (Å²) in [5, 5.41) is 18.2. The van der Waals surface area contributed by atoms with Gasteiger partial charge in [-0.3, -0.25) is 0 Å². The molecule has 1 aromatic carbocycles. The molecule has 17 heavy (non-hydrogen) atoms.